The molecule has 3 atom stereocenters. The Balaban J connectivity index is 2.00. The highest BCUT2D eigenvalue weighted by Crippen LogP contribution is 2.52. The molecule has 1 saturated carbocycles. The molecule has 0 heterocycles. The molecule has 1 aliphatic rings. The summed E-state index contributed by atoms with van der Waals surface area (Å²) in [5.74, 6) is 7.17. The van der Waals surface area contributed by atoms with Gasteiger partial charge in [0.2, 0.25) is 0 Å². The van der Waals surface area contributed by atoms with Crippen LogP contribution in [-0.4, -0.2) is 6.29 Å². The van der Waals surface area contributed by atoms with Crippen LogP contribution in [0.3, 0.4) is 0 Å². The lowest BCUT2D eigenvalue weighted by atomic mass is 10.1. The van der Waals surface area contributed by atoms with Gasteiger partial charge in [-0.1, -0.05) is 49.6 Å². The summed E-state index contributed by atoms with van der Waals surface area (Å²) in [6, 6.07) is 10.2. The molecule has 0 saturated heterocycles. The molecule has 1 aliphatic carbocycles. The maximum absolute atomic E-state index is 11.0. The summed E-state index contributed by atoms with van der Waals surface area (Å²) in [5, 5.41) is 0. The molecule has 1 heteroatoms. The quantitative estimate of drug-likeness (QED) is 0.437. The number of hydrogen-bond donors (Lipinski definition) is 0. The van der Waals surface area contributed by atoms with E-state index in [1.165, 1.54) is 12.0 Å². The van der Waals surface area contributed by atoms with E-state index in [2.05, 4.69) is 30.9 Å². The maximum Gasteiger partial charge on any atom is 0.124 e. The standard InChI is InChI=1S/C16H18O/c1-2-3-4-8-11-14-15(12-17)16(14)13-9-6-5-7-10-13/h5-7,9-10,12,14-16H,2-4H2,1H3/t14-,15+,16-/m0/s1. The Kier molecular flexibility index (Phi) is 3.98. The van der Waals surface area contributed by atoms with Crippen LogP contribution in [0.5, 0.6) is 0 Å². The van der Waals surface area contributed by atoms with E-state index in [9.17, 15) is 4.79 Å². The van der Waals surface area contributed by atoms with Crippen LogP contribution in [0.15, 0.2) is 30.3 Å². The lowest BCUT2D eigenvalue weighted by Gasteiger charge is -1.95. The highest BCUT2D eigenvalue weighted by molar-refractivity contribution is 5.65. The molecule has 0 N–H and O–H groups in total. The first kappa shape index (κ1) is 11.9. The van der Waals surface area contributed by atoms with Gasteiger partial charge in [0, 0.05) is 24.2 Å². The van der Waals surface area contributed by atoms with Gasteiger partial charge in [0.05, 0.1) is 0 Å². The largest absolute Gasteiger partial charge is 0.303 e. The second-order valence-electron chi connectivity index (χ2n) is 4.60. The summed E-state index contributed by atoms with van der Waals surface area (Å²) in [6.07, 6.45) is 4.36. The van der Waals surface area contributed by atoms with E-state index in [0.717, 1.165) is 19.1 Å². The van der Waals surface area contributed by atoms with Gasteiger partial charge in [-0.2, -0.15) is 0 Å². The average molecular weight is 226 g/mol. The molecule has 0 radical (unpaired) electrons. The Bertz CT molecular complexity index is 424. The molecule has 17 heavy (non-hydrogen) atoms. The van der Waals surface area contributed by atoms with Gasteiger partial charge < -0.3 is 4.79 Å². The van der Waals surface area contributed by atoms with Crippen LogP contribution in [-0.2, 0) is 4.79 Å². The maximum atomic E-state index is 11.0. The van der Waals surface area contributed by atoms with E-state index in [4.69, 9.17) is 0 Å². The Morgan fingerprint density at radius 3 is 2.71 bits per heavy atom. The molecule has 1 aromatic rings. The van der Waals surface area contributed by atoms with Gasteiger partial charge in [0.1, 0.15) is 6.29 Å². The van der Waals surface area contributed by atoms with Gasteiger partial charge in [-0.15, -0.1) is 5.92 Å². The van der Waals surface area contributed by atoms with E-state index in [0.29, 0.717) is 5.92 Å². The van der Waals surface area contributed by atoms with Crippen molar-refractivity contribution >= 4 is 6.29 Å². The van der Waals surface area contributed by atoms with E-state index >= 15 is 0 Å². The highest BCUT2D eigenvalue weighted by Gasteiger charge is 2.49. The third-order valence-corrected chi connectivity index (χ3v) is 3.34. The third kappa shape index (κ3) is 2.77. The Labute approximate surface area is 103 Å². The minimum atomic E-state index is 0.117. The van der Waals surface area contributed by atoms with Gasteiger partial charge in [0.25, 0.3) is 0 Å². The molecule has 0 bridgehead atoms. The first-order valence-electron chi connectivity index (χ1n) is 6.37. The lowest BCUT2D eigenvalue weighted by Crippen LogP contribution is -1.82. The molecule has 1 nitrogen and oxygen atoms in total. The Morgan fingerprint density at radius 1 is 1.29 bits per heavy atom. The van der Waals surface area contributed by atoms with Crippen LogP contribution in [0.25, 0.3) is 0 Å². The van der Waals surface area contributed by atoms with Crippen molar-refractivity contribution in [2.75, 3.05) is 0 Å². The fraction of sp³-hybridized carbons (Fsp3) is 0.438. The third-order valence-electron chi connectivity index (χ3n) is 3.34. The molecule has 88 valence electrons. The summed E-state index contributed by atoms with van der Waals surface area (Å²) < 4.78 is 0. The summed E-state index contributed by atoms with van der Waals surface area (Å²) in [7, 11) is 0. The molecule has 2 rings (SSSR count). The minimum Gasteiger partial charge on any atom is -0.303 e. The van der Waals surface area contributed by atoms with Crippen molar-refractivity contribution in [3.8, 4) is 11.8 Å². The van der Waals surface area contributed by atoms with E-state index in [1.807, 2.05) is 18.2 Å². The van der Waals surface area contributed by atoms with Gasteiger partial charge >= 0.3 is 0 Å². The Morgan fingerprint density at radius 2 is 2.06 bits per heavy atom. The van der Waals surface area contributed by atoms with Gasteiger partial charge in [0.15, 0.2) is 0 Å². The van der Waals surface area contributed by atoms with Crippen LogP contribution in [0, 0.1) is 23.7 Å². The second kappa shape index (κ2) is 5.68. The number of unbranched alkanes of at least 4 members (excludes halogenated alkanes) is 2. The predicted molar refractivity (Wildman–Crippen MR) is 69.5 cm³/mol. The van der Waals surface area contributed by atoms with Crippen LogP contribution in [0.4, 0.5) is 0 Å². The fourth-order valence-electron chi connectivity index (χ4n) is 2.25. The normalized spacial score (nSPS) is 25.8. The Hall–Kier alpha value is -1.55. The van der Waals surface area contributed by atoms with Gasteiger partial charge in [-0.25, -0.2) is 0 Å². The topological polar surface area (TPSA) is 17.1 Å². The number of hydrogen-bond acceptors (Lipinski definition) is 1. The van der Waals surface area contributed by atoms with Gasteiger partial charge in [-0.3, -0.25) is 0 Å². The molecule has 1 aromatic carbocycles. The average Bonchev–Trinajstić information content (AvgIpc) is 3.09. The summed E-state index contributed by atoms with van der Waals surface area (Å²) in [4.78, 5) is 11.0. The van der Waals surface area contributed by atoms with E-state index in [-0.39, 0.29) is 11.8 Å². The first-order chi connectivity index (χ1) is 8.38. The van der Waals surface area contributed by atoms with E-state index in [1.54, 1.807) is 0 Å². The zero-order chi connectivity index (χ0) is 12.1. The summed E-state index contributed by atoms with van der Waals surface area (Å²) in [6.45, 7) is 2.17. The smallest absolute Gasteiger partial charge is 0.124 e. The second-order valence-corrected chi connectivity index (χ2v) is 4.60. The van der Waals surface area contributed by atoms with Crippen molar-refractivity contribution in [3.63, 3.8) is 0 Å². The molecule has 0 unspecified atom stereocenters. The van der Waals surface area contributed by atoms with Crippen molar-refractivity contribution in [2.24, 2.45) is 11.8 Å². The van der Waals surface area contributed by atoms with Crippen molar-refractivity contribution < 1.29 is 4.79 Å². The molecule has 0 aromatic heterocycles. The zero-order valence-corrected chi connectivity index (χ0v) is 10.2. The zero-order valence-electron chi connectivity index (χ0n) is 10.2. The lowest BCUT2D eigenvalue weighted by molar-refractivity contribution is -0.109. The van der Waals surface area contributed by atoms with Gasteiger partial charge in [-0.05, 0) is 12.0 Å². The number of rotatable bonds is 4. The number of carbonyl (C=O) groups is 1. The molecular formula is C16H18O. The first-order valence-corrected chi connectivity index (χ1v) is 6.37. The van der Waals surface area contributed by atoms with Crippen molar-refractivity contribution in [1.29, 1.82) is 0 Å². The van der Waals surface area contributed by atoms with Crippen LogP contribution < -0.4 is 0 Å². The molecule has 0 amide bonds. The van der Waals surface area contributed by atoms with E-state index < -0.39 is 0 Å². The summed E-state index contributed by atoms with van der Waals surface area (Å²) >= 11 is 0. The molecule has 0 aliphatic heterocycles. The van der Waals surface area contributed by atoms with Crippen molar-refractivity contribution in [2.45, 2.75) is 32.1 Å². The highest BCUT2D eigenvalue weighted by atomic mass is 16.1. The van der Waals surface area contributed by atoms with Crippen LogP contribution >= 0.6 is 0 Å². The summed E-state index contributed by atoms with van der Waals surface area (Å²) in [5.41, 5.74) is 1.25. The van der Waals surface area contributed by atoms with Crippen LogP contribution in [0.2, 0.25) is 0 Å². The van der Waals surface area contributed by atoms with Crippen molar-refractivity contribution in [1.82, 2.24) is 0 Å². The minimum absolute atomic E-state index is 0.117. The van der Waals surface area contributed by atoms with Crippen molar-refractivity contribution in [3.05, 3.63) is 35.9 Å². The predicted octanol–water partition coefficient (Wildman–Crippen LogP) is 3.41. The SMILES string of the molecule is CCCCC#C[C@H]1[C@@H](C=O)[C@H]1c1ccccc1. The monoisotopic (exact) mass is 226 g/mol. The molecule has 1 fully saturated rings. The van der Waals surface area contributed by atoms with Crippen LogP contribution in [0.1, 0.15) is 37.7 Å². The number of benzene rings is 1. The fourth-order valence-corrected chi connectivity index (χ4v) is 2.25. The number of aldehydes is 1. The molecular weight excluding hydrogens is 208 g/mol. The number of carbonyl (C=O) groups excluding carboxylic acids is 1. The molecule has 0 spiro atoms.